The van der Waals surface area contributed by atoms with Crippen molar-refractivity contribution in [2.75, 3.05) is 5.32 Å². The van der Waals surface area contributed by atoms with Crippen molar-refractivity contribution in [2.24, 2.45) is 0 Å². The third-order valence-electron chi connectivity index (χ3n) is 2.54. The van der Waals surface area contributed by atoms with E-state index < -0.39 is 0 Å². The van der Waals surface area contributed by atoms with Gasteiger partial charge < -0.3 is 5.32 Å². The van der Waals surface area contributed by atoms with E-state index in [1.54, 1.807) is 18.5 Å². The fraction of sp³-hybridized carbons (Fsp3) is 0.143. The molecule has 0 radical (unpaired) electrons. The number of rotatable bonds is 4. The molecule has 1 heterocycles. The zero-order valence-electron chi connectivity index (χ0n) is 9.68. The molecule has 0 aliphatic carbocycles. The molecule has 86 valence electrons. The lowest BCUT2D eigenvalue weighted by atomic mass is 10.1. The van der Waals surface area contributed by atoms with Crippen LogP contribution in [0, 0.1) is 6.92 Å². The summed E-state index contributed by atoms with van der Waals surface area (Å²) < 4.78 is 0. The lowest BCUT2D eigenvalue weighted by molar-refractivity contribution is 0.112. The molecule has 2 rings (SSSR count). The second-order valence-corrected chi connectivity index (χ2v) is 3.92. The predicted octanol–water partition coefficient (Wildman–Crippen LogP) is 2.81. The maximum atomic E-state index is 10.8. The smallest absolute Gasteiger partial charge is 0.153 e. The normalized spacial score (nSPS) is 9.94. The standard InChI is InChI=1S/C14H14N2O/c1-11-3-2-4-12(7-11)8-16-14-5-6-15-9-13(14)10-17/h2-7,9-10H,8H2,1H3,(H,15,16). The van der Waals surface area contributed by atoms with Crippen LogP contribution in [0.15, 0.2) is 42.7 Å². The molecule has 0 atom stereocenters. The summed E-state index contributed by atoms with van der Waals surface area (Å²) in [5.74, 6) is 0. The summed E-state index contributed by atoms with van der Waals surface area (Å²) in [5.41, 5.74) is 3.82. The van der Waals surface area contributed by atoms with Gasteiger partial charge in [0.05, 0.1) is 5.56 Å². The second-order valence-electron chi connectivity index (χ2n) is 3.92. The van der Waals surface area contributed by atoms with Crippen molar-refractivity contribution in [2.45, 2.75) is 13.5 Å². The number of carbonyl (C=O) groups excluding carboxylic acids is 1. The Kier molecular flexibility index (Phi) is 3.50. The van der Waals surface area contributed by atoms with E-state index in [1.165, 1.54) is 11.1 Å². The Bertz CT molecular complexity index is 523. The largest absolute Gasteiger partial charge is 0.380 e. The highest BCUT2D eigenvalue weighted by Gasteiger charge is 2.00. The van der Waals surface area contributed by atoms with Gasteiger partial charge in [-0.1, -0.05) is 29.8 Å². The van der Waals surface area contributed by atoms with Crippen molar-refractivity contribution in [3.8, 4) is 0 Å². The number of pyridine rings is 1. The average Bonchev–Trinajstić information content (AvgIpc) is 2.37. The summed E-state index contributed by atoms with van der Waals surface area (Å²) in [4.78, 5) is 14.7. The molecular weight excluding hydrogens is 212 g/mol. The lowest BCUT2D eigenvalue weighted by Gasteiger charge is -2.08. The van der Waals surface area contributed by atoms with Crippen molar-refractivity contribution in [1.82, 2.24) is 4.98 Å². The summed E-state index contributed by atoms with van der Waals surface area (Å²) in [6.07, 6.45) is 4.04. The van der Waals surface area contributed by atoms with Crippen LogP contribution in [0.2, 0.25) is 0 Å². The van der Waals surface area contributed by atoms with Crippen LogP contribution < -0.4 is 5.32 Å². The molecule has 0 saturated carbocycles. The number of aryl methyl sites for hydroxylation is 1. The minimum Gasteiger partial charge on any atom is -0.380 e. The molecule has 0 aliphatic heterocycles. The van der Waals surface area contributed by atoms with Gasteiger partial charge in [0.25, 0.3) is 0 Å². The summed E-state index contributed by atoms with van der Waals surface area (Å²) >= 11 is 0. The number of aldehydes is 1. The Labute approximate surface area is 101 Å². The quantitative estimate of drug-likeness (QED) is 0.815. The predicted molar refractivity (Wildman–Crippen MR) is 68.1 cm³/mol. The highest BCUT2D eigenvalue weighted by Crippen LogP contribution is 2.13. The zero-order valence-corrected chi connectivity index (χ0v) is 9.68. The molecule has 1 N–H and O–H groups in total. The van der Waals surface area contributed by atoms with Crippen LogP contribution in [0.5, 0.6) is 0 Å². The Morgan fingerprint density at radius 3 is 3.00 bits per heavy atom. The Morgan fingerprint density at radius 2 is 2.24 bits per heavy atom. The van der Waals surface area contributed by atoms with Gasteiger partial charge >= 0.3 is 0 Å². The minimum absolute atomic E-state index is 0.583. The molecule has 2 aromatic rings. The van der Waals surface area contributed by atoms with Gasteiger partial charge in [0.1, 0.15) is 0 Å². The van der Waals surface area contributed by atoms with E-state index in [0.717, 1.165) is 12.0 Å². The fourth-order valence-corrected chi connectivity index (χ4v) is 1.68. The molecule has 0 spiro atoms. The van der Waals surface area contributed by atoms with E-state index in [1.807, 2.05) is 6.07 Å². The van der Waals surface area contributed by atoms with Crippen molar-refractivity contribution < 1.29 is 4.79 Å². The first-order valence-electron chi connectivity index (χ1n) is 5.48. The first-order valence-corrected chi connectivity index (χ1v) is 5.48. The van der Waals surface area contributed by atoms with Gasteiger partial charge in [-0.15, -0.1) is 0 Å². The van der Waals surface area contributed by atoms with E-state index in [9.17, 15) is 4.79 Å². The molecule has 0 fully saturated rings. The molecule has 0 saturated heterocycles. The molecule has 0 aliphatic rings. The number of nitrogens with one attached hydrogen (secondary N) is 1. The molecule has 17 heavy (non-hydrogen) atoms. The number of hydrogen-bond donors (Lipinski definition) is 1. The molecule has 0 bridgehead atoms. The summed E-state index contributed by atoms with van der Waals surface area (Å²) in [6, 6.07) is 10.1. The zero-order chi connectivity index (χ0) is 12.1. The number of carbonyl (C=O) groups is 1. The minimum atomic E-state index is 0.583. The van der Waals surface area contributed by atoms with Gasteiger partial charge in [0, 0.05) is 24.6 Å². The topological polar surface area (TPSA) is 42.0 Å². The second kappa shape index (κ2) is 5.25. The third-order valence-corrected chi connectivity index (χ3v) is 2.54. The van der Waals surface area contributed by atoms with Crippen LogP contribution in [0.25, 0.3) is 0 Å². The van der Waals surface area contributed by atoms with Gasteiger partial charge in [-0.05, 0) is 18.6 Å². The van der Waals surface area contributed by atoms with Crippen molar-refractivity contribution in [1.29, 1.82) is 0 Å². The number of hydrogen-bond acceptors (Lipinski definition) is 3. The van der Waals surface area contributed by atoms with Gasteiger partial charge in [0.15, 0.2) is 6.29 Å². The van der Waals surface area contributed by atoms with Crippen molar-refractivity contribution in [3.05, 3.63) is 59.4 Å². The SMILES string of the molecule is Cc1cccc(CNc2ccncc2C=O)c1. The average molecular weight is 226 g/mol. The molecule has 1 aromatic carbocycles. The molecule has 0 amide bonds. The Morgan fingerprint density at radius 1 is 1.35 bits per heavy atom. The first kappa shape index (κ1) is 11.3. The van der Waals surface area contributed by atoms with Crippen LogP contribution in [0.4, 0.5) is 5.69 Å². The van der Waals surface area contributed by atoms with Crippen LogP contribution in [0.3, 0.4) is 0 Å². The van der Waals surface area contributed by atoms with Crippen LogP contribution in [-0.4, -0.2) is 11.3 Å². The van der Waals surface area contributed by atoms with Crippen LogP contribution in [0.1, 0.15) is 21.5 Å². The lowest BCUT2D eigenvalue weighted by Crippen LogP contribution is -2.02. The van der Waals surface area contributed by atoms with E-state index >= 15 is 0 Å². The van der Waals surface area contributed by atoms with Crippen molar-refractivity contribution >= 4 is 12.0 Å². The Balaban J connectivity index is 2.09. The van der Waals surface area contributed by atoms with Gasteiger partial charge in [0.2, 0.25) is 0 Å². The van der Waals surface area contributed by atoms with Crippen LogP contribution >= 0.6 is 0 Å². The van der Waals surface area contributed by atoms with E-state index in [2.05, 4.69) is 35.4 Å². The van der Waals surface area contributed by atoms with Gasteiger partial charge in [-0.3, -0.25) is 9.78 Å². The molecule has 3 heteroatoms. The van der Waals surface area contributed by atoms with E-state index in [4.69, 9.17) is 0 Å². The first-order chi connectivity index (χ1) is 8.29. The summed E-state index contributed by atoms with van der Waals surface area (Å²) in [6.45, 7) is 2.76. The van der Waals surface area contributed by atoms with Gasteiger partial charge in [-0.2, -0.15) is 0 Å². The fourth-order valence-electron chi connectivity index (χ4n) is 1.68. The molecular formula is C14H14N2O. The maximum Gasteiger partial charge on any atom is 0.153 e. The third kappa shape index (κ3) is 2.91. The highest BCUT2D eigenvalue weighted by atomic mass is 16.1. The number of anilines is 1. The Hall–Kier alpha value is -2.16. The van der Waals surface area contributed by atoms with Crippen molar-refractivity contribution in [3.63, 3.8) is 0 Å². The summed E-state index contributed by atoms with van der Waals surface area (Å²) in [5, 5.41) is 3.24. The maximum absolute atomic E-state index is 10.8. The van der Waals surface area contributed by atoms with E-state index in [-0.39, 0.29) is 0 Å². The van der Waals surface area contributed by atoms with E-state index in [0.29, 0.717) is 12.1 Å². The number of aromatic nitrogens is 1. The summed E-state index contributed by atoms with van der Waals surface area (Å²) in [7, 11) is 0. The monoisotopic (exact) mass is 226 g/mol. The molecule has 1 aromatic heterocycles. The molecule has 3 nitrogen and oxygen atoms in total. The van der Waals surface area contributed by atoms with Crippen LogP contribution in [-0.2, 0) is 6.54 Å². The van der Waals surface area contributed by atoms with Gasteiger partial charge in [-0.25, -0.2) is 0 Å². The highest BCUT2D eigenvalue weighted by molar-refractivity contribution is 5.83. The number of benzene rings is 1. The number of nitrogens with zero attached hydrogens (tertiary/aromatic N) is 1. The molecule has 0 unspecified atom stereocenters.